The zero-order valence-electron chi connectivity index (χ0n) is 20.3. The standard InChI is InChI=1S/C26H35N5O2.HI/c1-4-27-26(29-18-23-12-11-21(2)17-24(23)33-16-8-15-32-3)30-19-25-28-13-14-31(25)20-22-9-6-5-7-10-22;/h5-7,9-14,17H,4,8,15-16,18-20H2,1-3H3,(H2,27,29,30);1H. The summed E-state index contributed by atoms with van der Waals surface area (Å²) in [5.41, 5.74) is 3.47. The Bertz CT molecular complexity index is 1010. The molecule has 8 heteroatoms. The molecule has 1 aromatic heterocycles. The minimum Gasteiger partial charge on any atom is -0.493 e. The highest BCUT2D eigenvalue weighted by molar-refractivity contribution is 14.0. The van der Waals surface area contributed by atoms with E-state index in [9.17, 15) is 0 Å². The first-order valence-electron chi connectivity index (χ1n) is 11.5. The van der Waals surface area contributed by atoms with E-state index in [4.69, 9.17) is 14.5 Å². The van der Waals surface area contributed by atoms with Gasteiger partial charge in [-0.25, -0.2) is 9.98 Å². The molecule has 0 bridgehead atoms. The molecule has 0 radical (unpaired) electrons. The Morgan fingerprint density at radius 2 is 1.91 bits per heavy atom. The number of benzene rings is 2. The minimum absolute atomic E-state index is 0. The highest BCUT2D eigenvalue weighted by Crippen LogP contribution is 2.21. The van der Waals surface area contributed by atoms with E-state index in [1.165, 1.54) is 11.1 Å². The average Bonchev–Trinajstić information content (AvgIpc) is 3.27. The average molecular weight is 578 g/mol. The molecule has 0 aliphatic heterocycles. The second-order valence-corrected chi connectivity index (χ2v) is 7.81. The first kappa shape index (κ1) is 27.7. The number of guanidine groups is 1. The van der Waals surface area contributed by atoms with Crippen LogP contribution < -0.4 is 15.4 Å². The van der Waals surface area contributed by atoms with E-state index in [2.05, 4.69) is 76.5 Å². The molecule has 34 heavy (non-hydrogen) atoms. The largest absolute Gasteiger partial charge is 0.493 e. The fourth-order valence-electron chi connectivity index (χ4n) is 3.41. The quantitative estimate of drug-likeness (QED) is 0.143. The number of aliphatic imine (C=N–C) groups is 1. The van der Waals surface area contributed by atoms with Gasteiger partial charge in [0.05, 0.1) is 19.7 Å². The van der Waals surface area contributed by atoms with E-state index in [1.54, 1.807) is 7.11 Å². The van der Waals surface area contributed by atoms with Crippen LogP contribution in [0.4, 0.5) is 0 Å². The lowest BCUT2D eigenvalue weighted by atomic mass is 10.1. The SMILES string of the molecule is CCNC(=NCc1ccc(C)cc1OCCCOC)NCc1nccn1Cc1ccccc1.I. The maximum absolute atomic E-state index is 6.00. The first-order valence-corrected chi connectivity index (χ1v) is 11.5. The summed E-state index contributed by atoms with van der Waals surface area (Å²) in [6, 6.07) is 16.6. The molecule has 0 aliphatic rings. The zero-order chi connectivity index (χ0) is 23.3. The molecule has 3 aromatic rings. The molecule has 2 aromatic carbocycles. The van der Waals surface area contributed by atoms with Gasteiger partial charge < -0.3 is 24.7 Å². The number of hydrogen-bond acceptors (Lipinski definition) is 4. The highest BCUT2D eigenvalue weighted by Gasteiger charge is 2.08. The fourth-order valence-corrected chi connectivity index (χ4v) is 3.41. The number of imidazole rings is 1. The number of ether oxygens (including phenoxy) is 2. The number of hydrogen-bond donors (Lipinski definition) is 2. The van der Waals surface area contributed by atoms with Gasteiger partial charge in [0, 0.05) is 51.2 Å². The van der Waals surface area contributed by atoms with Crippen LogP contribution in [0.25, 0.3) is 0 Å². The molecule has 1 heterocycles. The van der Waals surface area contributed by atoms with Crippen LogP contribution in [0.5, 0.6) is 5.75 Å². The molecule has 0 fully saturated rings. The summed E-state index contributed by atoms with van der Waals surface area (Å²) in [6.07, 6.45) is 4.70. The lowest BCUT2D eigenvalue weighted by molar-refractivity contribution is 0.172. The van der Waals surface area contributed by atoms with Gasteiger partial charge in [-0.1, -0.05) is 42.5 Å². The summed E-state index contributed by atoms with van der Waals surface area (Å²) < 4.78 is 13.3. The van der Waals surface area contributed by atoms with Crippen molar-refractivity contribution in [1.82, 2.24) is 20.2 Å². The Morgan fingerprint density at radius 1 is 1.09 bits per heavy atom. The lowest BCUT2D eigenvalue weighted by Gasteiger charge is -2.14. The Balaban J connectivity index is 0.00000408. The van der Waals surface area contributed by atoms with E-state index in [0.29, 0.717) is 26.3 Å². The topological polar surface area (TPSA) is 72.7 Å². The molecule has 7 nitrogen and oxygen atoms in total. The minimum atomic E-state index is 0. The third kappa shape index (κ3) is 8.98. The molecule has 0 spiro atoms. The van der Waals surface area contributed by atoms with E-state index in [-0.39, 0.29) is 24.0 Å². The van der Waals surface area contributed by atoms with Gasteiger partial charge in [0.2, 0.25) is 0 Å². The number of halogens is 1. The molecule has 184 valence electrons. The highest BCUT2D eigenvalue weighted by atomic mass is 127. The second kappa shape index (κ2) is 15.3. The van der Waals surface area contributed by atoms with Crippen LogP contribution in [0.15, 0.2) is 65.9 Å². The summed E-state index contributed by atoms with van der Waals surface area (Å²) in [5.74, 6) is 2.59. The second-order valence-electron chi connectivity index (χ2n) is 7.81. The van der Waals surface area contributed by atoms with Gasteiger partial charge >= 0.3 is 0 Å². The monoisotopic (exact) mass is 577 g/mol. The van der Waals surface area contributed by atoms with Crippen LogP contribution in [0, 0.1) is 6.92 Å². The molecule has 3 rings (SSSR count). The molecule has 0 atom stereocenters. The fraction of sp³-hybridized carbons (Fsp3) is 0.385. The van der Waals surface area contributed by atoms with Crippen molar-refractivity contribution < 1.29 is 9.47 Å². The maximum Gasteiger partial charge on any atom is 0.191 e. The van der Waals surface area contributed by atoms with Crippen LogP contribution in [0.1, 0.15) is 35.9 Å². The van der Waals surface area contributed by atoms with Crippen molar-refractivity contribution in [2.75, 3.05) is 26.9 Å². The summed E-state index contributed by atoms with van der Waals surface area (Å²) in [4.78, 5) is 9.31. The number of methoxy groups -OCH3 is 1. The lowest BCUT2D eigenvalue weighted by Crippen LogP contribution is -2.37. The van der Waals surface area contributed by atoms with Crippen LogP contribution in [0.3, 0.4) is 0 Å². The van der Waals surface area contributed by atoms with Crippen molar-refractivity contribution in [3.8, 4) is 5.75 Å². The van der Waals surface area contributed by atoms with Crippen LogP contribution in [-0.4, -0.2) is 42.4 Å². The van der Waals surface area contributed by atoms with E-state index in [1.807, 2.05) is 18.5 Å². The number of nitrogens with zero attached hydrogens (tertiary/aromatic N) is 3. The molecule has 2 N–H and O–H groups in total. The normalized spacial score (nSPS) is 11.1. The van der Waals surface area contributed by atoms with E-state index >= 15 is 0 Å². The van der Waals surface area contributed by atoms with E-state index in [0.717, 1.165) is 42.6 Å². The van der Waals surface area contributed by atoms with Crippen molar-refractivity contribution in [3.63, 3.8) is 0 Å². The van der Waals surface area contributed by atoms with Gasteiger partial charge in [-0.15, -0.1) is 24.0 Å². The smallest absolute Gasteiger partial charge is 0.191 e. The Labute approximate surface area is 220 Å². The van der Waals surface area contributed by atoms with Gasteiger partial charge in [-0.05, 0) is 31.0 Å². The number of nitrogens with one attached hydrogen (secondary N) is 2. The predicted octanol–water partition coefficient (Wildman–Crippen LogP) is 4.53. The van der Waals surface area contributed by atoms with Gasteiger partial charge in [0.15, 0.2) is 5.96 Å². The third-order valence-electron chi connectivity index (χ3n) is 5.14. The molecule has 0 unspecified atom stereocenters. The summed E-state index contributed by atoms with van der Waals surface area (Å²) >= 11 is 0. The molecular weight excluding hydrogens is 541 g/mol. The van der Waals surface area contributed by atoms with Crippen molar-refractivity contribution in [3.05, 3.63) is 83.4 Å². The number of aryl methyl sites for hydroxylation is 1. The molecule has 0 saturated heterocycles. The molecule has 0 amide bonds. The van der Waals surface area contributed by atoms with Crippen molar-refractivity contribution in [1.29, 1.82) is 0 Å². The van der Waals surface area contributed by atoms with Crippen molar-refractivity contribution >= 4 is 29.9 Å². The molecule has 0 aliphatic carbocycles. The van der Waals surface area contributed by atoms with Crippen LogP contribution >= 0.6 is 24.0 Å². The first-order chi connectivity index (χ1) is 16.2. The van der Waals surface area contributed by atoms with Gasteiger partial charge in [-0.2, -0.15) is 0 Å². The Morgan fingerprint density at radius 3 is 2.68 bits per heavy atom. The van der Waals surface area contributed by atoms with Gasteiger partial charge in [-0.3, -0.25) is 0 Å². The number of rotatable bonds is 12. The maximum atomic E-state index is 6.00. The molecular formula is C26H36IN5O2. The van der Waals surface area contributed by atoms with Gasteiger partial charge in [0.25, 0.3) is 0 Å². The van der Waals surface area contributed by atoms with E-state index < -0.39 is 0 Å². The van der Waals surface area contributed by atoms with Crippen LogP contribution in [-0.2, 0) is 24.4 Å². The van der Waals surface area contributed by atoms with Crippen LogP contribution in [0.2, 0.25) is 0 Å². The zero-order valence-corrected chi connectivity index (χ0v) is 22.6. The summed E-state index contributed by atoms with van der Waals surface area (Å²) in [5, 5.41) is 6.73. The Hall–Kier alpha value is -2.59. The summed E-state index contributed by atoms with van der Waals surface area (Å²) in [7, 11) is 1.70. The Kier molecular flexibility index (Phi) is 12.5. The molecule has 0 saturated carbocycles. The van der Waals surface area contributed by atoms with Crippen molar-refractivity contribution in [2.45, 2.75) is 39.9 Å². The van der Waals surface area contributed by atoms with Gasteiger partial charge in [0.1, 0.15) is 11.6 Å². The number of aromatic nitrogens is 2. The van der Waals surface area contributed by atoms with Crippen molar-refractivity contribution in [2.24, 2.45) is 4.99 Å². The third-order valence-corrected chi connectivity index (χ3v) is 5.14. The predicted molar refractivity (Wildman–Crippen MR) is 148 cm³/mol. The summed E-state index contributed by atoms with van der Waals surface area (Å²) in [6.45, 7) is 8.11.